The van der Waals surface area contributed by atoms with Gasteiger partial charge in [0.15, 0.2) is 0 Å². The van der Waals surface area contributed by atoms with Crippen LogP contribution in [0, 0.1) is 23.7 Å². The fourth-order valence-electron chi connectivity index (χ4n) is 4.93. The Morgan fingerprint density at radius 2 is 1.78 bits per heavy atom. The van der Waals surface area contributed by atoms with Crippen LogP contribution in [-0.4, -0.2) is 36.2 Å². The highest BCUT2D eigenvalue weighted by Crippen LogP contribution is 2.74. The van der Waals surface area contributed by atoms with Gasteiger partial charge in [-0.05, 0) is 79.4 Å². The van der Waals surface area contributed by atoms with Gasteiger partial charge in [-0.15, -0.1) is 0 Å². The SMILES string of the molecule is CCN(CC)CCOC(=C1C2CC3C(C2)C13)c1ccc(O)cc1. The minimum Gasteiger partial charge on any atom is -0.508 e. The number of aromatic hydroxyl groups is 1. The summed E-state index contributed by atoms with van der Waals surface area (Å²) in [5.74, 6) is 4.91. The minimum atomic E-state index is 0.321. The lowest BCUT2D eigenvalue weighted by molar-refractivity contribution is 0.200. The Labute approximate surface area is 139 Å². The summed E-state index contributed by atoms with van der Waals surface area (Å²) in [6.07, 6.45) is 2.76. The van der Waals surface area contributed by atoms with Crippen molar-refractivity contribution in [1.29, 1.82) is 0 Å². The van der Waals surface area contributed by atoms with Crippen molar-refractivity contribution in [2.45, 2.75) is 26.7 Å². The van der Waals surface area contributed by atoms with Crippen molar-refractivity contribution in [2.75, 3.05) is 26.2 Å². The lowest BCUT2D eigenvalue weighted by Gasteiger charge is -2.21. The van der Waals surface area contributed by atoms with Crippen molar-refractivity contribution in [3.05, 3.63) is 35.4 Å². The van der Waals surface area contributed by atoms with Crippen LogP contribution in [0.5, 0.6) is 5.75 Å². The fourth-order valence-corrected chi connectivity index (χ4v) is 4.93. The van der Waals surface area contributed by atoms with Crippen LogP contribution >= 0.6 is 0 Å². The molecule has 3 heteroatoms. The number of likely N-dealkylation sites (N-methyl/N-ethyl adjacent to an activating group) is 1. The van der Waals surface area contributed by atoms with E-state index in [1.807, 2.05) is 12.1 Å². The second kappa shape index (κ2) is 5.86. The average Bonchev–Trinajstić information content (AvgIpc) is 2.94. The van der Waals surface area contributed by atoms with Crippen molar-refractivity contribution >= 4 is 5.76 Å². The van der Waals surface area contributed by atoms with Gasteiger partial charge < -0.3 is 14.7 Å². The van der Waals surface area contributed by atoms with Crippen molar-refractivity contribution in [2.24, 2.45) is 23.7 Å². The number of hydrogen-bond donors (Lipinski definition) is 1. The third kappa shape index (κ3) is 2.55. The minimum absolute atomic E-state index is 0.321. The van der Waals surface area contributed by atoms with Gasteiger partial charge in [-0.3, -0.25) is 0 Å². The molecule has 5 rings (SSSR count). The zero-order valence-electron chi connectivity index (χ0n) is 14.2. The summed E-state index contributed by atoms with van der Waals surface area (Å²) in [6.45, 7) is 8.26. The monoisotopic (exact) mass is 313 g/mol. The summed E-state index contributed by atoms with van der Waals surface area (Å²) in [4.78, 5) is 2.40. The van der Waals surface area contributed by atoms with Crippen molar-refractivity contribution in [3.63, 3.8) is 0 Å². The number of allylic oxidation sites excluding steroid dienone is 1. The first-order chi connectivity index (χ1) is 11.2. The highest BCUT2D eigenvalue weighted by Gasteiger charge is 2.66. The molecule has 0 spiro atoms. The first kappa shape index (κ1) is 15.1. The molecule has 2 atom stereocenters. The Balaban J connectivity index is 1.56. The second-order valence-corrected chi connectivity index (χ2v) is 7.23. The molecule has 2 unspecified atom stereocenters. The van der Waals surface area contributed by atoms with Crippen LogP contribution in [0.2, 0.25) is 0 Å². The standard InChI is InChI=1S/C20H27NO2/c1-3-21(4-2)9-10-23-20(13-5-7-15(22)8-6-13)18-14-11-16-17(12-14)19(16)18/h5-8,14,16-17,19,22H,3-4,9-12H2,1-2H3. The molecule has 4 saturated carbocycles. The average molecular weight is 313 g/mol. The van der Waals surface area contributed by atoms with Crippen molar-refractivity contribution in [3.8, 4) is 5.75 Å². The van der Waals surface area contributed by atoms with Crippen molar-refractivity contribution < 1.29 is 9.84 Å². The molecule has 1 aromatic carbocycles. The number of phenolic OH excluding ortho intramolecular Hbond substituents is 1. The third-order valence-corrected chi connectivity index (χ3v) is 6.18. The van der Waals surface area contributed by atoms with E-state index in [4.69, 9.17) is 4.74 Å². The number of rotatable bonds is 7. The largest absolute Gasteiger partial charge is 0.508 e. The number of benzene rings is 1. The molecule has 4 bridgehead atoms. The lowest BCUT2D eigenvalue weighted by Crippen LogP contribution is -2.27. The Morgan fingerprint density at radius 1 is 1.13 bits per heavy atom. The van der Waals surface area contributed by atoms with Crippen LogP contribution in [0.4, 0.5) is 0 Å². The summed E-state index contributed by atoms with van der Waals surface area (Å²) in [5.41, 5.74) is 2.72. The zero-order chi connectivity index (χ0) is 16.0. The van der Waals surface area contributed by atoms with E-state index < -0.39 is 0 Å². The molecule has 0 aromatic heterocycles. The molecule has 4 aliphatic carbocycles. The van der Waals surface area contributed by atoms with Crippen molar-refractivity contribution in [1.82, 2.24) is 4.90 Å². The molecule has 3 nitrogen and oxygen atoms in total. The van der Waals surface area contributed by atoms with Crippen LogP contribution in [0.1, 0.15) is 32.3 Å². The molecule has 1 aromatic rings. The van der Waals surface area contributed by atoms with E-state index in [9.17, 15) is 5.11 Å². The van der Waals surface area contributed by atoms with E-state index in [0.717, 1.165) is 61.2 Å². The van der Waals surface area contributed by atoms with E-state index in [1.165, 1.54) is 12.8 Å². The van der Waals surface area contributed by atoms with Gasteiger partial charge in [-0.2, -0.15) is 0 Å². The van der Waals surface area contributed by atoms with Gasteiger partial charge in [-0.25, -0.2) is 0 Å². The van der Waals surface area contributed by atoms with E-state index >= 15 is 0 Å². The normalized spacial score (nSPS) is 32.5. The predicted octanol–water partition coefficient (Wildman–Crippen LogP) is 3.75. The number of nitrogens with zero attached hydrogens (tertiary/aromatic N) is 1. The quantitative estimate of drug-likeness (QED) is 0.778. The van der Waals surface area contributed by atoms with Crippen LogP contribution in [-0.2, 0) is 4.74 Å². The highest BCUT2D eigenvalue weighted by molar-refractivity contribution is 5.68. The smallest absolute Gasteiger partial charge is 0.126 e. The first-order valence-electron chi connectivity index (χ1n) is 9.11. The molecular formula is C20H27NO2. The van der Waals surface area contributed by atoms with Gasteiger partial charge in [0.2, 0.25) is 0 Å². The van der Waals surface area contributed by atoms with Crippen LogP contribution in [0.15, 0.2) is 29.8 Å². The van der Waals surface area contributed by atoms with Crippen LogP contribution in [0.3, 0.4) is 0 Å². The molecule has 1 N–H and O–H groups in total. The summed E-state index contributed by atoms with van der Waals surface area (Å²) in [7, 11) is 0. The van der Waals surface area contributed by atoms with Gasteiger partial charge in [0.25, 0.3) is 0 Å². The number of ether oxygens (including phenoxy) is 1. The lowest BCUT2D eigenvalue weighted by atomic mass is 10.00. The Hall–Kier alpha value is -1.48. The van der Waals surface area contributed by atoms with Gasteiger partial charge in [-0.1, -0.05) is 13.8 Å². The Bertz CT molecular complexity index is 587. The van der Waals surface area contributed by atoms with E-state index in [1.54, 1.807) is 17.7 Å². The van der Waals surface area contributed by atoms with Crippen LogP contribution < -0.4 is 0 Å². The van der Waals surface area contributed by atoms with Gasteiger partial charge in [0.05, 0.1) is 0 Å². The fraction of sp³-hybridized carbons (Fsp3) is 0.600. The van der Waals surface area contributed by atoms with Gasteiger partial charge in [0, 0.05) is 12.1 Å². The molecule has 4 fully saturated rings. The predicted molar refractivity (Wildman–Crippen MR) is 92.0 cm³/mol. The Morgan fingerprint density at radius 3 is 2.30 bits per heavy atom. The summed E-state index contributed by atoms with van der Waals surface area (Å²) < 4.78 is 6.34. The zero-order valence-corrected chi connectivity index (χ0v) is 14.2. The number of hydrogen-bond acceptors (Lipinski definition) is 3. The topological polar surface area (TPSA) is 32.7 Å². The summed E-state index contributed by atoms with van der Waals surface area (Å²) in [6, 6.07) is 7.55. The Kier molecular flexibility index (Phi) is 3.84. The molecule has 0 aliphatic heterocycles. The molecular weight excluding hydrogens is 286 g/mol. The van der Waals surface area contributed by atoms with E-state index in [2.05, 4.69) is 18.7 Å². The maximum Gasteiger partial charge on any atom is 0.126 e. The van der Waals surface area contributed by atoms with E-state index in [0.29, 0.717) is 5.75 Å². The maximum atomic E-state index is 9.57. The van der Waals surface area contributed by atoms with Crippen LogP contribution in [0.25, 0.3) is 5.76 Å². The summed E-state index contributed by atoms with van der Waals surface area (Å²) in [5, 5.41) is 9.57. The molecule has 0 saturated heterocycles. The third-order valence-electron chi connectivity index (χ3n) is 6.18. The molecule has 0 radical (unpaired) electrons. The molecule has 23 heavy (non-hydrogen) atoms. The van der Waals surface area contributed by atoms with E-state index in [-0.39, 0.29) is 0 Å². The molecule has 124 valence electrons. The molecule has 0 amide bonds. The second-order valence-electron chi connectivity index (χ2n) is 7.23. The first-order valence-corrected chi connectivity index (χ1v) is 9.11. The number of phenols is 1. The maximum absolute atomic E-state index is 9.57. The van der Waals surface area contributed by atoms with Gasteiger partial charge >= 0.3 is 0 Å². The highest BCUT2D eigenvalue weighted by atomic mass is 16.5. The molecule has 4 aliphatic rings. The summed E-state index contributed by atoms with van der Waals surface area (Å²) >= 11 is 0. The molecule has 0 heterocycles. The van der Waals surface area contributed by atoms with Gasteiger partial charge in [0.1, 0.15) is 18.1 Å².